The first-order valence-corrected chi connectivity index (χ1v) is 7.63. The van der Waals surface area contributed by atoms with Crippen molar-refractivity contribution in [2.75, 3.05) is 13.7 Å². The molecule has 0 fully saturated rings. The number of hydrogen-bond acceptors (Lipinski definition) is 6. The number of aryl methyl sites for hydroxylation is 1. The highest BCUT2D eigenvalue weighted by Crippen LogP contribution is 2.28. The average molecular weight is 342 g/mol. The molecule has 0 aromatic heterocycles. The van der Waals surface area contributed by atoms with Crippen molar-refractivity contribution >= 4 is 17.7 Å². The maximum atomic E-state index is 12.8. The van der Waals surface area contributed by atoms with Gasteiger partial charge in [-0.2, -0.15) is 0 Å². The standard InChI is InChI=1S/C19H18O6/c1-4-25-19(23)15-13(9-10-14(20)16(15)18(22)24-3)17(21)12-7-5-11(2)6-8-12/h5-10,20H,4H2,1-3H3. The first kappa shape index (κ1) is 18.2. The average Bonchev–Trinajstić information content (AvgIpc) is 2.61. The summed E-state index contributed by atoms with van der Waals surface area (Å²) >= 11 is 0. The number of benzene rings is 2. The van der Waals surface area contributed by atoms with E-state index in [4.69, 9.17) is 4.74 Å². The van der Waals surface area contributed by atoms with Crippen LogP contribution < -0.4 is 0 Å². The summed E-state index contributed by atoms with van der Waals surface area (Å²) in [5, 5.41) is 10.0. The Morgan fingerprint density at radius 3 is 2.16 bits per heavy atom. The summed E-state index contributed by atoms with van der Waals surface area (Å²) in [5.74, 6) is -2.74. The molecule has 0 spiro atoms. The van der Waals surface area contributed by atoms with Gasteiger partial charge < -0.3 is 14.6 Å². The number of carbonyl (C=O) groups excluding carboxylic acids is 3. The van der Waals surface area contributed by atoms with Crippen molar-refractivity contribution in [1.29, 1.82) is 0 Å². The van der Waals surface area contributed by atoms with Gasteiger partial charge in [0.25, 0.3) is 0 Å². The van der Waals surface area contributed by atoms with Crippen LogP contribution in [0.2, 0.25) is 0 Å². The van der Waals surface area contributed by atoms with Gasteiger partial charge in [0.05, 0.1) is 19.3 Å². The summed E-state index contributed by atoms with van der Waals surface area (Å²) in [5.41, 5.74) is 0.583. The fourth-order valence-corrected chi connectivity index (χ4v) is 2.37. The number of rotatable bonds is 5. The summed E-state index contributed by atoms with van der Waals surface area (Å²) in [6.45, 7) is 3.53. The lowest BCUT2D eigenvalue weighted by Gasteiger charge is -2.13. The summed E-state index contributed by atoms with van der Waals surface area (Å²) in [6, 6.07) is 9.24. The second-order valence-corrected chi connectivity index (χ2v) is 5.29. The monoisotopic (exact) mass is 342 g/mol. The first-order chi connectivity index (χ1) is 11.9. The van der Waals surface area contributed by atoms with E-state index in [1.807, 2.05) is 6.92 Å². The molecule has 2 aromatic carbocycles. The number of phenolic OH excluding ortho intramolecular Hbond substituents is 1. The molecular weight excluding hydrogens is 324 g/mol. The van der Waals surface area contributed by atoms with Gasteiger partial charge in [0, 0.05) is 11.1 Å². The lowest BCUT2D eigenvalue weighted by Crippen LogP contribution is -2.18. The number of methoxy groups -OCH3 is 1. The van der Waals surface area contributed by atoms with E-state index in [1.165, 1.54) is 12.1 Å². The Labute approximate surface area is 145 Å². The number of carbonyl (C=O) groups is 3. The second-order valence-electron chi connectivity index (χ2n) is 5.29. The van der Waals surface area contributed by atoms with Crippen LogP contribution in [-0.2, 0) is 9.47 Å². The highest BCUT2D eigenvalue weighted by Gasteiger charge is 2.29. The summed E-state index contributed by atoms with van der Waals surface area (Å²) in [6.07, 6.45) is 0. The fraction of sp³-hybridized carbons (Fsp3) is 0.211. The van der Waals surface area contributed by atoms with Crippen molar-refractivity contribution in [3.05, 3.63) is 64.2 Å². The second kappa shape index (κ2) is 7.61. The molecule has 0 saturated heterocycles. The highest BCUT2D eigenvalue weighted by atomic mass is 16.5. The molecule has 2 rings (SSSR count). The third-order valence-corrected chi connectivity index (χ3v) is 3.61. The molecule has 0 aliphatic heterocycles. The van der Waals surface area contributed by atoms with Gasteiger partial charge in [-0.05, 0) is 26.0 Å². The van der Waals surface area contributed by atoms with Gasteiger partial charge in [-0.1, -0.05) is 29.8 Å². The van der Waals surface area contributed by atoms with E-state index in [9.17, 15) is 19.5 Å². The maximum Gasteiger partial charge on any atom is 0.342 e. The summed E-state index contributed by atoms with van der Waals surface area (Å²) in [4.78, 5) is 37.2. The van der Waals surface area contributed by atoms with E-state index < -0.39 is 23.5 Å². The van der Waals surface area contributed by atoms with Crippen molar-refractivity contribution in [2.45, 2.75) is 13.8 Å². The molecule has 6 heteroatoms. The quantitative estimate of drug-likeness (QED) is 0.664. The van der Waals surface area contributed by atoms with Gasteiger partial charge >= 0.3 is 11.9 Å². The van der Waals surface area contributed by atoms with E-state index in [1.54, 1.807) is 31.2 Å². The zero-order valence-corrected chi connectivity index (χ0v) is 14.2. The molecule has 130 valence electrons. The van der Waals surface area contributed by atoms with Crippen LogP contribution in [0, 0.1) is 6.92 Å². The largest absolute Gasteiger partial charge is 0.507 e. The van der Waals surface area contributed by atoms with Crippen LogP contribution in [0.15, 0.2) is 36.4 Å². The molecule has 0 bridgehead atoms. The number of ether oxygens (including phenoxy) is 2. The molecule has 0 radical (unpaired) electrons. The molecule has 0 amide bonds. The zero-order valence-electron chi connectivity index (χ0n) is 14.2. The SMILES string of the molecule is CCOC(=O)c1c(C(=O)c2ccc(C)cc2)ccc(O)c1C(=O)OC. The maximum absolute atomic E-state index is 12.8. The minimum atomic E-state index is -0.931. The Hall–Kier alpha value is -3.15. The molecule has 2 aromatic rings. The molecule has 1 N–H and O–H groups in total. The minimum absolute atomic E-state index is 0.0412. The predicted molar refractivity (Wildman–Crippen MR) is 90.0 cm³/mol. The normalized spacial score (nSPS) is 10.2. The van der Waals surface area contributed by atoms with Gasteiger partial charge in [-0.15, -0.1) is 0 Å². The number of phenols is 1. The van der Waals surface area contributed by atoms with Gasteiger partial charge in [0.1, 0.15) is 11.3 Å². The molecule has 0 aliphatic rings. The molecule has 0 saturated carbocycles. The van der Waals surface area contributed by atoms with E-state index in [-0.39, 0.29) is 23.3 Å². The topological polar surface area (TPSA) is 89.9 Å². The smallest absolute Gasteiger partial charge is 0.342 e. The Morgan fingerprint density at radius 2 is 1.60 bits per heavy atom. The molecule has 0 aliphatic carbocycles. The third kappa shape index (κ3) is 3.68. The van der Waals surface area contributed by atoms with Crippen molar-refractivity contribution in [1.82, 2.24) is 0 Å². The molecule has 0 unspecified atom stereocenters. The molecule has 25 heavy (non-hydrogen) atoms. The zero-order chi connectivity index (χ0) is 18.6. The number of ketones is 1. The molecular formula is C19H18O6. The summed E-state index contributed by atoms with van der Waals surface area (Å²) in [7, 11) is 1.12. The summed E-state index contributed by atoms with van der Waals surface area (Å²) < 4.78 is 9.58. The Bertz CT molecular complexity index is 821. The van der Waals surface area contributed by atoms with Crippen LogP contribution in [0.1, 0.15) is 49.1 Å². The Morgan fingerprint density at radius 1 is 0.960 bits per heavy atom. The molecule has 0 atom stereocenters. The van der Waals surface area contributed by atoms with Crippen molar-refractivity contribution in [2.24, 2.45) is 0 Å². The van der Waals surface area contributed by atoms with Crippen LogP contribution in [-0.4, -0.2) is 36.5 Å². The fourth-order valence-electron chi connectivity index (χ4n) is 2.37. The van der Waals surface area contributed by atoms with Crippen LogP contribution in [0.25, 0.3) is 0 Å². The molecule has 6 nitrogen and oxygen atoms in total. The van der Waals surface area contributed by atoms with Crippen LogP contribution in [0.5, 0.6) is 5.75 Å². The van der Waals surface area contributed by atoms with Gasteiger partial charge in [0.15, 0.2) is 5.78 Å². The van der Waals surface area contributed by atoms with Crippen molar-refractivity contribution < 1.29 is 29.0 Å². The van der Waals surface area contributed by atoms with Crippen LogP contribution in [0.3, 0.4) is 0 Å². The van der Waals surface area contributed by atoms with Crippen molar-refractivity contribution in [3.63, 3.8) is 0 Å². The first-order valence-electron chi connectivity index (χ1n) is 7.63. The van der Waals surface area contributed by atoms with E-state index in [0.717, 1.165) is 12.7 Å². The Kier molecular flexibility index (Phi) is 5.54. The van der Waals surface area contributed by atoms with E-state index >= 15 is 0 Å². The lowest BCUT2D eigenvalue weighted by molar-refractivity contribution is 0.0500. The van der Waals surface area contributed by atoms with Crippen LogP contribution >= 0.6 is 0 Å². The highest BCUT2D eigenvalue weighted by molar-refractivity contribution is 6.18. The number of aromatic hydroxyl groups is 1. The lowest BCUT2D eigenvalue weighted by atomic mass is 9.93. The third-order valence-electron chi connectivity index (χ3n) is 3.61. The van der Waals surface area contributed by atoms with E-state index in [2.05, 4.69) is 4.74 Å². The van der Waals surface area contributed by atoms with Gasteiger partial charge in [0.2, 0.25) is 0 Å². The van der Waals surface area contributed by atoms with Gasteiger partial charge in [-0.3, -0.25) is 4.79 Å². The number of hydrogen-bond donors (Lipinski definition) is 1. The van der Waals surface area contributed by atoms with Gasteiger partial charge in [-0.25, -0.2) is 9.59 Å². The van der Waals surface area contributed by atoms with Crippen LogP contribution in [0.4, 0.5) is 0 Å². The Balaban J connectivity index is 2.68. The van der Waals surface area contributed by atoms with E-state index in [0.29, 0.717) is 5.56 Å². The minimum Gasteiger partial charge on any atom is -0.507 e. The molecule has 0 heterocycles. The van der Waals surface area contributed by atoms with Crippen molar-refractivity contribution in [3.8, 4) is 5.75 Å². The predicted octanol–water partition coefficient (Wildman–Crippen LogP) is 2.89. The number of esters is 2.